The third-order valence-corrected chi connectivity index (χ3v) is 1.74. The van der Waals surface area contributed by atoms with Crippen LogP contribution in [-0.4, -0.2) is 46.3 Å². The van der Waals surface area contributed by atoms with Crippen molar-refractivity contribution in [1.82, 2.24) is 0 Å². The van der Waals surface area contributed by atoms with E-state index in [1.54, 1.807) is 0 Å². The van der Waals surface area contributed by atoms with Crippen molar-refractivity contribution in [2.75, 3.05) is 0 Å². The van der Waals surface area contributed by atoms with E-state index in [-0.39, 0.29) is 6.42 Å². The number of rotatable bonds is 1. The first-order valence-electron chi connectivity index (χ1n) is 3.50. The van der Waals surface area contributed by atoms with E-state index in [2.05, 4.69) is 4.74 Å². The minimum Gasteiger partial charge on any atom is -0.390 e. The van der Waals surface area contributed by atoms with Crippen LogP contribution in [0.1, 0.15) is 6.42 Å². The normalized spacial score (nSPS) is 43.5. The summed E-state index contributed by atoms with van der Waals surface area (Å²) in [6.07, 6.45) is -9.37. The van der Waals surface area contributed by atoms with Gasteiger partial charge in [-0.05, 0) is 0 Å². The first-order valence-corrected chi connectivity index (χ1v) is 3.50. The predicted molar refractivity (Wildman–Crippen MR) is 33.5 cm³/mol. The molecule has 0 spiro atoms. The van der Waals surface area contributed by atoms with Gasteiger partial charge in [-0.25, -0.2) is 8.78 Å². The Morgan fingerprint density at radius 1 is 1.25 bits per heavy atom. The first-order chi connectivity index (χ1) is 5.52. The Morgan fingerprint density at radius 2 is 1.83 bits per heavy atom. The van der Waals surface area contributed by atoms with Crippen LogP contribution in [0.15, 0.2) is 0 Å². The van der Waals surface area contributed by atoms with E-state index < -0.39 is 31.0 Å². The van der Waals surface area contributed by atoms with Crippen LogP contribution >= 0.6 is 0 Å². The molecule has 1 fully saturated rings. The molecule has 4 unspecified atom stereocenters. The van der Waals surface area contributed by atoms with Crippen LogP contribution in [0, 0.1) is 0 Å². The summed E-state index contributed by atoms with van der Waals surface area (Å²) in [5.74, 6) is 0. The zero-order chi connectivity index (χ0) is 9.30. The van der Waals surface area contributed by atoms with Gasteiger partial charge in [-0.15, -0.1) is 0 Å². The van der Waals surface area contributed by atoms with Gasteiger partial charge in [0, 0.05) is 6.42 Å². The number of hydrogen-bond acceptors (Lipinski definition) is 4. The van der Waals surface area contributed by atoms with Crippen molar-refractivity contribution in [2.45, 2.75) is 37.4 Å². The van der Waals surface area contributed by atoms with Crippen LogP contribution in [0.5, 0.6) is 0 Å². The SMILES string of the molecule is OC1CC(O)C(O)C(C(F)F)O1. The molecular formula is C6H10F2O4. The predicted octanol–water partition coefficient (Wildman–Crippen LogP) is -0.919. The average Bonchev–Trinajstić information content (AvgIpc) is 1.96. The Kier molecular flexibility index (Phi) is 2.94. The molecule has 72 valence electrons. The zero-order valence-electron chi connectivity index (χ0n) is 6.10. The largest absolute Gasteiger partial charge is 0.390 e. The molecule has 12 heavy (non-hydrogen) atoms. The molecule has 3 N–H and O–H groups in total. The summed E-state index contributed by atoms with van der Waals surface area (Å²) in [7, 11) is 0. The molecule has 1 rings (SSSR count). The second kappa shape index (κ2) is 3.61. The van der Waals surface area contributed by atoms with Crippen molar-refractivity contribution in [2.24, 2.45) is 0 Å². The number of halogens is 2. The van der Waals surface area contributed by atoms with Gasteiger partial charge in [-0.3, -0.25) is 0 Å². The van der Waals surface area contributed by atoms with Crippen LogP contribution in [0.4, 0.5) is 8.78 Å². The van der Waals surface area contributed by atoms with E-state index in [1.165, 1.54) is 0 Å². The van der Waals surface area contributed by atoms with Crippen molar-refractivity contribution in [3.05, 3.63) is 0 Å². The van der Waals surface area contributed by atoms with Gasteiger partial charge in [0.1, 0.15) is 12.2 Å². The highest BCUT2D eigenvalue weighted by molar-refractivity contribution is 4.83. The molecule has 1 saturated heterocycles. The van der Waals surface area contributed by atoms with E-state index >= 15 is 0 Å². The maximum Gasteiger partial charge on any atom is 0.267 e. The summed E-state index contributed by atoms with van der Waals surface area (Å²) in [6, 6.07) is 0. The molecule has 4 nitrogen and oxygen atoms in total. The van der Waals surface area contributed by atoms with Crippen molar-refractivity contribution >= 4 is 0 Å². The van der Waals surface area contributed by atoms with Crippen molar-refractivity contribution in [1.29, 1.82) is 0 Å². The quantitative estimate of drug-likeness (QED) is 0.493. The number of alkyl halides is 2. The Bertz CT molecular complexity index is 154. The molecule has 1 aliphatic heterocycles. The standard InChI is InChI=1S/C6H10F2O4/c7-6(8)5-4(11)2(9)1-3(10)12-5/h2-6,9-11H,1H2. The van der Waals surface area contributed by atoms with Gasteiger partial charge in [-0.2, -0.15) is 0 Å². The van der Waals surface area contributed by atoms with Crippen LogP contribution in [0.2, 0.25) is 0 Å². The second-order valence-corrected chi connectivity index (χ2v) is 2.68. The molecule has 0 aromatic carbocycles. The Labute approximate surface area is 67.4 Å². The maximum atomic E-state index is 12.0. The van der Waals surface area contributed by atoms with Gasteiger partial charge in [-0.1, -0.05) is 0 Å². The second-order valence-electron chi connectivity index (χ2n) is 2.68. The summed E-state index contributed by atoms with van der Waals surface area (Å²) in [5.41, 5.74) is 0. The molecule has 0 saturated carbocycles. The third kappa shape index (κ3) is 1.89. The topological polar surface area (TPSA) is 69.9 Å². The lowest BCUT2D eigenvalue weighted by Gasteiger charge is -2.34. The molecule has 0 aromatic rings. The van der Waals surface area contributed by atoms with Gasteiger partial charge in [0.25, 0.3) is 6.43 Å². The minimum absolute atomic E-state index is 0.246. The van der Waals surface area contributed by atoms with Gasteiger partial charge >= 0.3 is 0 Å². The highest BCUT2D eigenvalue weighted by atomic mass is 19.3. The Morgan fingerprint density at radius 3 is 2.33 bits per heavy atom. The van der Waals surface area contributed by atoms with Crippen LogP contribution in [0.25, 0.3) is 0 Å². The fourth-order valence-corrected chi connectivity index (χ4v) is 1.09. The van der Waals surface area contributed by atoms with Crippen LogP contribution in [-0.2, 0) is 4.74 Å². The number of hydrogen-bond donors (Lipinski definition) is 3. The number of aliphatic hydroxyl groups is 3. The molecule has 6 heteroatoms. The van der Waals surface area contributed by atoms with E-state index in [9.17, 15) is 8.78 Å². The summed E-state index contributed by atoms with van der Waals surface area (Å²) in [6.45, 7) is 0. The monoisotopic (exact) mass is 184 g/mol. The van der Waals surface area contributed by atoms with Gasteiger partial charge in [0.2, 0.25) is 0 Å². The summed E-state index contributed by atoms with van der Waals surface area (Å²) >= 11 is 0. The van der Waals surface area contributed by atoms with Crippen LogP contribution in [0.3, 0.4) is 0 Å². The summed E-state index contributed by atoms with van der Waals surface area (Å²) in [4.78, 5) is 0. The van der Waals surface area contributed by atoms with Crippen molar-refractivity contribution in [3.63, 3.8) is 0 Å². The molecule has 4 atom stereocenters. The molecule has 0 radical (unpaired) electrons. The zero-order valence-corrected chi connectivity index (χ0v) is 6.10. The minimum atomic E-state index is -2.91. The smallest absolute Gasteiger partial charge is 0.267 e. The summed E-state index contributed by atoms with van der Waals surface area (Å²) in [5, 5.41) is 26.7. The molecule has 0 amide bonds. The lowest BCUT2D eigenvalue weighted by Crippen LogP contribution is -2.51. The number of ether oxygens (including phenoxy) is 1. The van der Waals surface area contributed by atoms with Gasteiger partial charge in [0.15, 0.2) is 6.29 Å². The first kappa shape index (κ1) is 9.79. The maximum absolute atomic E-state index is 12.0. The molecule has 0 bridgehead atoms. The van der Waals surface area contributed by atoms with Gasteiger partial charge < -0.3 is 20.1 Å². The van der Waals surface area contributed by atoms with E-state index in [0.29, 0.717) is 0 Å². The fourth-order valence-electron chi connectivity index (χ4n) is 1.09. The highest BCUT2D eigenvalue weighted by Crippen LogP contribution is 2.23. The van der Waals surface area contributed by atoms with E-state index in [0.717, 1.165) is 0 Å². The average molecular weight is 184 g/mol. The van der Waals surface area contributed by atoms with Crippen molar-refractivity contribution < 1.29 is 28.8 Å². The fraction of sp³-hybridized carbons (Fsp3) is 1.00. The van der Waals surface area contributed by atoms with Crippen molar-refractivity contribution in [3.8, 4) is 0 Å². The van der Waals surface area contributed by atoms with Gasteiger partial charge in [0.05, 0.1) is 6.10 Å². The molecule has 1 heterocycles. The highest BCUT2D eigenvalue weighted by Gasteiger charge is 2.41. The lowest BCUT2D eigenvalue weighted by atomic mass is 10.0. The molecular weight excluding hydrogens is 174 g/mol. The van der Waals surface area contributed by atoms with E-state index in [4.69, 9.17) is 15.3 Å². The van der Waals surface area contributed by atoms with E-state index in [1.807, 2.05) is 0 Å². The third-order valence-electron chi connectivity index (χ3n) is 1.74. The Balaban J connectivity index is 2.60. The lowest BCUT2D eigenvalue weighted by molar-refractivity contribution is -0.259. The number of aliphatic hydroxyl groups excluding tert-OH is 3. The molecule has 0 aromatic heterocycles. The molecule has 0 aliphatic carbocycles. The summed E-state index contributed by atoms with van der Waals surface area (Å²) < 4.78 is 28.3. The van der Waals surface area contributed by atoms with Crippen LogP contribution < -0.4 is 0 Å². The Hall–Kier alpha value is -0.300. The molecule has 1 aliphatic rings.